The number of ether oxygens (including phenoxy) is 2. The van der Waals surface area contributed by atoms with Gasteiger partial charge in [-0.2, -0.15) is 0 Å². The quantitative estimate of drug-likeness (QED) is 0.411. The first-order valence-corrected chi connectivity index (χ1v) is 10.2. The van der Waals surface area contributed by atoms with E-state index in [1.807, 2.05) is 17.4 Å². The number of morpholine rings is 1. The van der Waals surface area contributed by atoms with Gasteiger partial charge in [-0.25, -0.2) is 0 Å². The fourth-order valence-corrected chi connectivity index (χ4v) is 3.31. The lowest BCUT2D eigenvalue weighted by molar-refractivity contribution is -0.919. The highest BCUT2D eigenvalue weighted by molar-refractivity contribution is 6.05. The van der Waals surface area contributed by atoms with Gasteiger partial charge in [-0.1, -0.05) is 12.1 Å². The molecule has 0 radical (unpaired) electrons. The van der Waals surface area contributed by atoms with Gasteiger partial charge in [0.25, 0.3) is 11.8 Å². The highest BCUT2D eigenvalue weighted by Crippen LogP contribution is 2.23. The average Bonchev–Trinajstić information content (AvgIpc) is 2.78. The van der Waals surface area contributed by atoms with Crippen LogP contribution < -0.4 is 25.6 Å². The van der Waals surface area contributed by atoms with E-state index < -0.39 is 0 Å². The van der Waals surface area contributed by atoms with E-state index in [0.717, 1.165) is 39.4 Å². The van der Waals surface area contributed by atoms with Crippen LogP contribution >= 0.6 is 0 Å². The number of benzene rings is 2. The molecule has 8 nitrogen and oxygen atoms in total. The number of para-hydroxylation sites is 2. The van der Waals surface area contributed by atoms with Gasteiger partial charge in [-0.15, -0.1) is 0 Å². The predicted octanol–water partition coefficient (Wildman–Crippen LogP) is -0.635. The summed E-state index contributed by atoms with van der Waals surface area (Å²) in [7, 11) is 1.56. The molecule has 0 atom stereocenters. The number of nitrogens with two attached hydrogens (primary N) is 1. The number of hydrogen-bond acceptors (Lipinski definition) is 4. The number of nitrogens with one attached hydrogen (secondary N) is 3. The average molecular weight is 415 g/mol. The van der Waals surface area contributed by atoms with Crippen LogP contribution in [0.4, 0.5) is 11.4 Å². The van der Waals surface area contributed by atoms with Crippen molar-refractivity contribution in [2.75, 3.05) is 63.7 Å². The van der Waals surface area contributed by atoms with Crippen molar-refractivity contribution >= 4 is 23.2 Å². The highest BCUT2D eigenvalue weighted by atomic mass is 16.5. The monoisotopic (exact) mass is 414 g/mol. The second-order valence-corrected chi connectivity index (χ2v) is 7.17. The first-order valence-electron chi connectivity index (χ1n) is 10.2. The van der Waals surface area contributed by atoms with Crippen LogP contribution in [0.5, 0.6) is 5.75 Å². The molecular weight excluding hydrogens is 384 g/mol. The third-order valence-corrected chi connectivity index (χ3v) is 5.02. The van der Waals surface area contributed by atoms with Crippen LogP contribution in [0.3, 0.4) is 0 Å². The minimum absolute atomic E-state index is 0.0572. The normalized spacial score (nSPS) is 14.2. The molecule has 3 rings (SSSR count). The molecule has 0 aliphatic carbocycles. The number of methoxy groups -OCH3 is 1. The van der Waals surface area contributed by atoms with E-state index >= 15 is 0 Å². The summed E-state index contributed by atoms with van der Waals surface area (Å²) in [6, 6.07) is 14.1. The van der Waals surface area contributed by atoms with E-state index in [-0.39, 0.29) is 11.8 Å². The lowest BCUT2D eigenvalue weighted by atomic mass is 10.2. The van der Waals surface area contributed by atoms with Crippen molar-refractivity contribution in [3.63, 3.8) is 0 Å². The van der Waals surface area contributed by atoms with Crippen molar-refractivity contribution in [3.05, 3.63) is 54.1 Å². The third-order valence-electron chi connectivity index (χ3n) is 5.02. The van der Waals surface area contributed by atoms with Gasteiger partial charge in [0.15, 0.2) is 6.54 Å². The summed E-state index contributed by atoms with van der Waals surface area (Å²) in [5.41, 5.74) is 1.77. The molecule has 1 fully saturated rings. The minimum Gasteiger partial charge on any atom is -0.495 e. The molecule has 0 unspecified atom stereocenters. The molecule has 2 aromatic carbocycles. The maximum Gasteiger partial charge on any atom is 0.279 e. The number of hydrogen-bond donors (Lipinski definition) is 4. The minimum atomic E-state index is -0.240. The summed E-state index contributed by atoms with van der Waals surface area (Å²) in [5.74, 6) is 0.302. The summed E-state index contributed by atoms with van der Waals surface area (Å²) >= 11 is 0. The zero-order chi connectivity index (χ0) is 21.2. The summed E-state index contributed by atoms with van der Waals surface area (Å²) < 4.78 is 10.6. The van der Waals surface area contributed by atoms with E-state index in [1.54, 1.807) is 43.5 Å². The summed E-state index contributed by atoms with van der Waals surface area (Å²) in [6.07, 6.45) is 0. The van der Waals surface area contributed by atoms with Crippen molar-refractivity contribution < 1.29 is 29.3 Å². The van der Waals surface area contributed by atoms with Crippen molar-refractivity contribution in [1.29, 1.82) is 0 Å². The van der Waals surface area contributed by atoms with Crippen LogP contribution in [-0.2, 0) is 9.53 Å². The Morgan fingerprint density at radius 1 is 1.07 bits per heavy atom. The zero-order valence-corrected chi connectivity index (χ0v) is 17.3. The Hall–Kier alpha value is -2.94. The smallest absolute Gasteiger partial charge is 0.279 e. The Morgan fingerprint density at radius 3 is 2.53 bits per heavy atom. The van der Waals surface area contributed by atoms with Gasteiger partial charge in [0, 0.05) is 11.3 Å². The van der Waals surface area contributed by atoms with E-state index in [2.05, 4.69) is 10.6 Å². The molecule has 1 saturated heterocycles. The van der Waals surface area contributed by atoms with Gasteiger partial charge in [0.05, 0.1) is 26.0 Å². The van der Waals surface area contributed by atoms with E-state index in [0.29, 0.717) is 29.2 Å². The Balaban J connectivity index is 1.42. The molecule has 0 saturated carbocycles. The highest BCUT2D eigenvalue weighted by Gasteiger charge is 2.14. The van der Waals surface area contributed by atoms with Gasteiger partial charge in [-0.3, -0.25) is 9.59 Å². The van der Waals surface area contributed by atoms with Crippen molar-refractivity contribution in [3.8, 4) is 5.75 Å². The lowest BCUT2D eigenvalue weighted by Gasteiger charge is -2.22. The first-order chi connectivity index (χ1) is 14.7. The molecule has 160 valence electrons. The third kappa shape index (κ3) is 6.55. The van der Waals surface area contributed by atoms with Crippen molar-refractivity contribution in [1.82, 2.24) is 0 Å². The topological polar surface area (TPSA) is 97.7 Å². The van der Waals surface area contributed by atoms with Gasteiger partial charge in [0.1, 0.15) is 31.9 Å². The molecule has 2 aromatic rings. The van der Waals surface area contributed by atoms with Gasteiger partial charge in [0.2, 0.25) is 0 Å². The van der Waals surface area contributed by atoms with E-state index in [1.165, 1.54) is 4.90 Å². The van der Waals surface area contributed by atoms with Crippen molar-refractivity contribution in [2.24, 2.45) is 0 Å². The van der Waals surface area contributed by atoms with Crippen LogP contribution in [0, 0.1) is 0 Å². The Kier molecular flexibility index (Phi) is 8.20. The largest absolute Gasteiger partial charge is 0.495 e. The summed E-state index contributed by atoms with van der Waals surface area (Å²) in [6.45, 7) is 6.04. The maximum absolute atomic E-state index is 12.5. The SMILES string of the molecule is COc1ccccc1NC(=O)c1ccc(NC(=O)C[NH2+]CC[NH+]2CCOCC2)cc1. The molecule has 5 N–H and O–H groups in total. The molecule has 8 heteroatoms. The standard InChI is InChI=1S/C22H28N4O4/c1-29-20-5-3-2-4-19(20)25-22(28)17-6-8-18(9-7-17)24-21(27)16-23-10-11-26-12-14-30-15-13-26/h2-9,23H,10-16H2,1H3,(H,24,27)(H,25,28)/p+2. The van der Waals surface area contributed by atoms with Crippen LogP contribution in [0.2, 0.25) is 0 Å². The van der Waals surface area contributed by atoms with Gasteiger partial charge in [-0.05, 0) is 36.4 Å². The van der Waals surface area contributed by atoms with Gasteiger partial charge >= 0.3 is 0 Å². The number of carbonyl (C=O) groups is 2. The second kappa shape index (κ2) is 11.3. The molecule has 0 bridgehead atoms. The molecule has 30 heavy (non-hydrogen) atoms. The lowest BCUT2D eigenvalue weighted by Crippen LogP contribution is -3.16. The molecule has 1 aliphatic heterocycles. The number of anilines is 2. The van der Waals surface area contributed by atoms with Gasteiger partial charge < -0.3 is 30.3 Å². The maximum atomic E-state index is 12.5. The molecule has 1 heterocycles. The number of quaternary nitrogens is 2. The predicted molar refractivity (Wildman–Crippen MR) is 114 cm³/mol. The van der Waals surface area contributed by atoms with E-state index in [4.69, 9.17) is 9.47 Å². The van der Waals surface area contributed by atoms with Crippen LogP contribution in [-0.4, -0.2) is 64.9 Å². The number of amides is 2. The van der Waals surface area contributed by atoms with Crippen LogP contribution in [0.15, 0.2) is 48.5 Å². The Labute approximate surface area is 176 Å². The molecule has 0 spiro atoms. The number of carbonyl (C=O) groups excluding carboxylic acids is 2. The number of rotatable bonds is 9. The van der Waals surface area contributed by atoms with Crippen LogP contribution in [0.25, 0.3) is 0 Å². The Bertz CT molecular complexity index is 835. The molecule has 1 aliphatic rings. The Morgan fingerprint density at radius 2 is 1.80 bits per heavy atom. The molecule has 0 aromatic heterocycles. The zero-order valence-electron chi connectivity index (χ0n) is 17.3. The molecule has 2 amide bonds. The second-order valence-electron chi connectivity index (χ2n) is 7.17. The molecular formula is C22H30N4O4+2. The summed E-state index contributed by atoms with van der Waals surface area (Å²) in [4.78, 5) is 26.1. The summed E-state index contributed by atoms with van der Waals surface area (Å²) in [5, 5.41) is 7.72. The first kappa shape index (κ1) is 21.8. The fraction of sp³-hybridized carbons (Fsp3) is 0.364. The van der Waals surface area contributed by atoms with Crippen molar-refractivity contribution in [2.45, 2.75) is 0 Å². The van der Waals surface area contributed by atoms with Crippen LogP contribution in [0.1, 0.15) is 10.4 Å². The van der Waals surface area contributed by atoms with E-state index in [9.17, 15) is 9.59 Å². The fourth-order valence-electron chi connectivity index (χ4n) is 3.31.